The van der Waals surface area contributed by atoms with Crippen molar-refractivity contribution in [3.05, 3.63) is 60.2 Å². The molecule has 0 aliphatic heterocycles. The summed E-state index contributed by atoms with van der Waals surface area (Å²) in [6.07, 6.45) is -0.890. The number of hydrogen-bond acceptors (Lipinski definition) is 4. The maximum atomic E-state index is 12.4. The lowest BCUT2D eigenvalue weighted by atomic mass is 10.2. The molecule has 0 fully saturated rings. The maximum Gasteiger partial charge on any atom is 0.339 e. The largest absolute Gasteiger partial charge is 0.497 e. The summed E-state index contributed by atoms with van der Waals surface area (Å²) in [5, 5.41) is 0. The molecule has 1 unspecified atom stereocenters. The number of esters is 1. The maximum absolute atomic E-state index is 12.4. The third-order valence-corrected chi connectivity index (χ3v) is 3.41. The van der Waals surface area contributed by atoms with Crippen LogP contribution in [0.4, 0.5) is 5.69 Å². The predicted molar refractivity (Wildman–Crippen MR) is 87.7 cm³/mol. The Hall–Kier alpha value is -2.82. The summed E-state index contributed by atoms with van der Waals surface area (Å²) >= 11 is 0. The minimum Gasteiger partial charge on any atom is -0.497 e. The van der Waals surface area contributed by atoms with Gasteiger partial charge in [0.25, 0.3) is 5.91 Å². The Morgan fingerprint density at radius 2 is 1.74 bits per heavy atom. The number of methoxy groups -OCH3 is 1. The van der Waals surface area contributed by atoms with Crippen LogP contribution >= 0.6 is 0 Å². The molecule has 5 heteroatoms. The second-order valence-electron chi connectivity index (χ2n) is 5.01. The molecule has 0 radical (unpaired) electrons. The number of anilines is 1. The number of para-hydroxylation sites is 1. The molecule has 2 rings (SSSR count). The van der Waals surface area contributed by atoms with Crippen LogP contribution in [0.25, 0.3) is 0 Å². The number of benzene rings is 2. The van der Waals surface area contributed by atoms with E-state index in [-0.39, 0.29) is 5.91 Å². The highest BCUT2D eigenvalue weighted by molar-refractivity contribution is 5.98. The first-order valence-electron chi connectivity index (χ1n) is 7.20. The van der Waals surface area contributed by atoms with E-state index in [0.717, 1.165) is 5.69 Å². The number of carbonyl (C=O) groups excluding carboxylic acids is 2. The van der Waals surface area contributed by atoms with Gasteiger partial charge in [-0.05, 0) is 37.3 Å². The highest BCUT2D eigenvalue weighted by atomic mass is 16.5. The van der Waals surface area contributed by atoms with Crippen molar-refractivity contribution in [3.63, 3.8) is 0 Å². The van der Waals surface area contributed by atoms with E-state index >= 15 is 0 Å². The summed E-state index contributed by atoms with van der Waals surface area (Å²) < 4.78 is 10.3. The zero-order valence-electron chi connectivity index (χ0n) is 13.4. The minimum atomic E-state index is -0.890. The number of hydrogen-bond donors (Lipinski definition) is 0. The molecule has 0 heterocycles. The summed E-state index contributed by atoms with van der Waals surface area (Å²) in [5.74, 6) is -0.307. The Bertz CT molecular complexity index is 684. The van der Waals surface area contributed by atoms with E-state index in [4.69, 9.17) is 9.47 Å². The highest BCUT2D eigenvalue weighted by Crippen LogP contribution is 2.16. The molecule has 0 bridgehead atoms. The van der Waals surface area contributed by atoms with Crippen LogP contribution in [0.2, 0.25) is 0 Å². The molecule has 0 aliphatic carbocycles. The average molecular weight is 313 g/mol. The normalized spacial score (nSPS) is 11.4. The van der Waals surface area contributed by atoms with Crippen molar-refractivity contribution in [2.45, 2.75) is 13.0 Å². The van der Waals surface area contributed by atoms with E-state index in [1.807, 2.05) is 30.3 Å². The summed E-state index contributed by atoms with van der Waals surface area (Å²) in [7, 11) is 3.17. The Morgan fingerprint density at radius 1 is 1.04 bits per heavy atom. The summed E-state index contributed by atoms with van der Waals surface area (Å²) in [6.45, 7) is 1.56. The van der Waals surface area contributed by atoms with Gasteiger partial charge < -0.3 is 14.4 Å². The Morgan fingerprint density at radius 3 is 2.39 bits per heavy atom. The molecule has 1 atom stereocenters. The second kappa shape index (κ2) is 7.45. The molecule has 0 saturated heterocycles. The second-order valence-corrected chi connectivity index (χ2v) is 5.01. The predicted octanol–water partition coefficient (Wildman–Crippen LogP) is 2.90. The van der Waals surface area contributed by atoms with Gasteiger partial charge in [0.15, 0.2) is 6.10 Å². The van der Waals surface area contributed by atoms with Crippen LogP contribution < -0.4 is 9.64 Å². The van der Waals surface area contributed by atoms with E-state index in [0.29, 0.717) is 11.3 Å². The van der Waals surface area contributed by atoms with Crippen molar-refractivity contribution >= 4 is 17.6 Å². The van der Waals surface area contributed by atoms with E-state index in [1.54, 1.807) is 38.2 Å². The lowest BCUT2D eigenvalue weighted by Gasteiger charge is -2.21. The van der Waals surface area contributed by atoms with Crippen LogP contribution in [0.1, 0.15) is 17.3 Å². The van der Waals surface area contributed by atoms with Gasteiger partial charge in [-0.3, -0.25) is 4.79 Å². The molecular formula is C18H19NO4. The average Bonchev–Trinajstić information content (AvgIpc) is 2.61. The van der Waals surface area contributed by atoms with E-state index in [2.05, 4.69) is 0 Å². The standard InChI is InChI=1S/C18H19NO4/c1-13(17(20)19(2)15-9-5-4-6-10-15)23-18(21)14-8-7-11-16(12-14)22-3/h4-13H,1-3H3. The van der Waals surface area contributed by atoms with Crippen LogP contribution in [0.15, 0.2) is 54.6 Å². The molecule has 0 aromatic heterocycles. The Balaban J connectivity index is 2.04. The third-order valence-electron chi connectivity index (χ3n) is 3.41. The number of nitrogens with zero attached hydrogens (tertiary/aromatic N) is 1. The highest BCUT2D eigenvalue weighted by Gasteiger charge is 2.23. The molecule has 0 aliphatic rings. The smallest absolute Gasteiger partial charge is 0.339 e. The van der Waals surface area contributed by atoms with Crippen molar-refractivity contribution in [3.8, 4) is 5.75 Å². The molecule has 120 valence electrons. The number of rotatable bonds is 5. The molecule has 23 heavy (non-hydrogen) atoms. The number of carbonyl (C=O) groups is 2. The Labute approximate surface area is 135 Å². The number of ether oxygens (including phenoxy) is 2. The molecule has 5 nitrogen and oxygen atoms in total. The minimum absolute atomic E-state index is 0.299. The van der Waals surface area contributed by atoms with Gasteiger partial charge in [-0.2, -0.15) is 0 Å². The molecule has 0 spiro atoms. The van der Waals surface area contributed by atoms with Gasteiger partial charge in [-0.1, -0.05) is 24.3 Å². The monoisotopic (exact) mass is 313 g/mol. The van der Waals surface area contributed by atoms with Gasteiger partial charge in [0.2, 0.25) is 0 Å². The molecule has 0 N–H and O–H groups in total. The van der Waals surface area contributed by atoms with Gasteiger partial charge >= 0.3 is 5.97 Å². The molecule has 2 aromatic carbocycles. The Kier molecular flexibility index (Phi) is 5.36. The zero-order valence-corrected chi connectivity index (χ0v) is 13.4. The SMILES string of the molecule is COc1cccc(C(=O)OC(C)C(=O)N(C)c2ccccc2)c1. The fourth-order valence-corrected chi connectivity index (χ4v) is 2.08. The lowest BCUT2D eigenvalue weighted by Crippen LogP contribution is -2.37. The van der Waals surface area contributed by atoms with Crippen molar-refractivity contribution in [2.75, 3.05) is 19.1 Å². The van der Waals surface area contributed by atoms with Gasteiger partial charge in [0.05, 0.1) is 12.7 Å². The fraction of sp³-hybridized carbons (Fsp3) is 0.222. The third kappa shape index (κ3) is 4.10. The summed E-state index contributed by atoms with van der Waals surface area (Å²) in [6, 6.07) is 15.8. The van der Waals surface area contributed by atoms with Crippen LogP contribution in [0.3, 0.4) is 0 Å². The van der Waals surface area contributed by atoms with Crippen LogP contribution in [0, 0.1) is 0 Å². The van der Waals surface area contributed by atoms with Gasteiger partial charge in [-0.25, -0.2) is 4.79 Å². The molecule has 2 aromatic rings. The first kappa shape index (κ1) is 16.5. The van der Waals surface area contributed by atoms with Crippen LogP contribution in [-0.4, -0.2) is 32.1 Å². The van der Waals surface area contributed by atoms with Gasteiger partial charge in [0, 0.05) is 12.7 Å². The summed E-state index contributed by atoms with van der Waals surface area (Å²) in [4.78, 5) is 26.0. The lowest BCUT2D eigenvalue weighted by molar-refractivity contribution is -0.126. The van der Waals surface area contributed by atoms with Gasteiger partial charge in [0.1, 0.15) is 5.75 Å². The number of amides is 1. The first-order valence-corrected chi connectivity index (χ1v) is 7.20. The van der Waals surface area contributed by atoms with Crippen molar-refractivity contribution in [1.29, 1.82) is 0 Å². The fourth-order valence-electron chi connectivity index (χ4n) is 2.08. The zero-order chi connectivity index (χ0) is 16.8. The summed E-state index contributed by atoms with van der Waals surface area (Å²) in [5.41, 5.74) is 1.08. The van der Waals surface area contributed by atoms with Crippen molar-refractivity contribution < 1.29 is 19.1 Å². The van der Waals surface area contributed by atoms with E-state index in [1.165, 1.54) is 12.0 Å². The number of likely N-dealkylation sites (N-methyl/N-ethyl adjacent to an activating group) is 1. The molecular weight excluding hydrogens is 294 g/mol. The molecule has 0 saturated carbocycles. The topological polar surface area (TPSA) is 55.8 Å². The van der Waals surface area contributed by atoms with Gasteiger partial charge in [-0.15, -0.1) is 0 Å². The molecule has 1 amide bonds. The quantitative estimate of drug-likeness (QED) is 0.797. The van der Waals surface area contributed by atoms with Crippen LogP contribution in [0.5, 0.6) is 5.75 Å². The van der Waals surface area contributed by atoms with Crippen LogP contribution in [-0.2, 0) is 9.53 Å². The van der Waals surface area contributed by atoms with Crippen molar-refractivity contribution in [1.82, 2.24) is 0 Å². The van der Waals surface area contributed by atoms with E-state index < -0.39 is 12.1 Å². The first-order chi connectivity index (χ1) is 11.0. The van der Waals surface area contributed by atoms with E-state index in [9.17, 15) is 9.59 Å². The van der Waals surface area contributed by atoms with Crippen molar-refractivity contribution in [2.24, 2.45) is 0 Å².